The lowest BCUT2D eigenvalue weighted by Crippen LogP contribution is -1.99. The van der Waals surface area contributed by atoms with Crippen LogP contribution in [0.5, 0.6) is 11.5 Å². The van der Waals surface area contributed by atoms with Crippen molar-refractivity contribution in [1.29, 1.82) is 10.5 Å². The van der Waals surface area contributed by atoms with Crippen LogP contribution in [0.4, 0.5) is 0 Å². The van der Waals surface area contributed by atoms with Crippen LogP contribution in [0.2, 0.25) is 0 Å². The van der Waals surface area contributed by atoms with Crippen LogP contribution in [0.25, 0.3) is 0 Å². The molecule has 23 heavy (non-hydrogen) atoms. The first kappa shape index (κ1) is 16.6. The minimum atomic E-state index is 0.276. The van der Waals surface area contributed by atoms with Gasteiger partial charge in [-0.25, -0.2) is 0 Å². The van der Waals surface area contributed by atoms with Crippen LogP contribution in [0, 0.1) is 22.7 Å². The van der Waals surface area contributed by atoms with Crippen molar-refractivity contribution in [3.8, 4) is 23.6 Å². The van der Waals surface area contributed by atoms with Gasteiger partial charge in [-0.05, 0) is 41.2 Å². The molecular formula is C20H20N2O. The molecule has 2 aromatic rings. The van der Waals surface area contributed by atoms with E-state index in [4.69, 9.17) is 10.00 Å². The average Bonchev–Trinajstić information content (AvgIpc) is 2.54. The zero-order chi connectivity index (χ0) is 17.0. The molecule has 0 aliphatic rings. The Labute approximate surface area is 137 Å². The molecule has 116 valence electrons. The minimum absolute atomic E-state index is 0.276. The van der Waals surface area contributed by atoms with Gasteiger partial charge in [-0.2, -0.15) is 10.5 Å². The van der Waals surface area contributed by atoms with Gasteiger partial charge < -0.3 is 4.74 Å². The molecule has 0 aromatic heterocycles. The number of ether oxygens (including phenoxy) is 1. The molecule has 0 fully saturated rings. The fourth-order valence-corrected chi connectivity index (χ4v) is 2.41. The highest BCUT2D eigenvalue weighted by Crippen LogP contribution is 2.34. The number of nitriles is 2. The molecule has 0 spiro atoms. The molecule has 0 bridgehead atoms. The van der Waals surface area contributed by atoms with E-state index < -0.39 is 0 Å². The summed E-state index contributed by atoms with van der Waals surface area (Å²) < 4.78 is 6.00. The summed E-state index contributed by atoms with van der Waals surface area (Å²) in [6.07, 6.45) is 0. The molecule has 3 nitrogen and oxygen atoms in total. The SMILES string of the molecule is CC(C)c1ccc(Oc2cccc(C#N)c2C#N)c(C(C)C)c1. The second-order valence-corrected chi connectivity index (χ2v) is 6.11. The minimum Gasteiger partial charge on any atom is -0.456 e. The monoisotopic (exact) mass is 304 g/mol. The third-order valence-electron chi connectivity index (χ3n) is 3.80. The molecule has 0 aliphatic heterocycles. The Morgan fingerprint density at radius 1 is 0.870 bits per heavy atom. The first-order chi connectivity index (χ1) is 11.0. The Kier molecular flexibility index (Phi) is 5.04. The Morgan fingerprint density at radius 2 is 1.61 bits per heavy atom. The van der Waals surface area contributed by atoms with Crippen molar-refractivity contribution < 1.29 is 4.74 Å². The standard InChI is InChI=1S/C20H20N2O/c1-13(2)15-8-9-20(17(10-15)14(3)4)23-19-7-5-6-16(11-21)18(19)12-22/h5-10,13-14H,1-4H3. The van der Waals surface area contributed by atoms with Gasteiger partial charge in [0.25, 0.3) is 0 Å². The lowest BCUT2D eigenvalue weighted by molar-refractivity contribution is 0.471. The number of nitrogens with zero attached hydrogens (tertiary/aromatic N) is 2. The van der Waals surface area contributed by atoms with E-state index in [-0.39, 0.29) is 5.56 Å². The molecule has 3 heteroatoms. The average molecular weight is 304 g/mol. The third-order valence-corrected chi connectivity index (χ3v) is 3.80. The van der Waals surface area contributed by atoms with E-state index in [0.29, 0.717) is 23.1 Å². The summed E-state index contributed by atoms with van der Waals surface area (Å²) in [5.41, 5.74) is 2.96. The molecule has 0 radical (unpaired) electrons. The van der Waals surface area contributed by atoms with Crippen molar-refractivity contribution in [3.63, 3.8) is 0 Å². The molecule has 0 unspecified atom stereocenters. The predicted molar refractivity (Wildman–Crippen MR) is 90.6 cm³/mol. The number of hydrogen-bond donors (Lipinski definition) is 0. The molecule has 0 atom stereocenters. The van der Waals surface area contributed by atoms with Crippen molar-refractivity contribution in [2.45, 2.75) is 39.5 Å². The van der Waals surface area contributed by atoms with Gasteiger partial charge in [0.2, 0.25) is 0 Å². The normalized spacial score (nSPS) is 10.4. The number of hydrogen-bond acceptors (Lipinski definition) is 3. The zero-order valence-corrected chi connectivity index (χ0v) is 13.9. The van der Waals surface area contributed by atoms with Crippen molar-refractivity contribution in [3.05, 3.63) is 58.7 Å². The predicted octanol–water partition coefficient (Wildman–Crippen LogP) is 5.47. The summed E-state index contributed by atoms with van der Waals surface area (Å²) in [7, 11) is 0. The Morgan fingerprint density at radius 3 is 2.17 bits per heavy atom. The van der Waals surface area contributed by atoms with E-state index in [2.05, 4.69) is 39.8 Å². The smallest absolute Gasteiger partial charge is 0.146 e. The van der Waals surface area contributed by atoms with E-state index in [1.807, 2.05) is 18.2 Å². The van der Waals surface area contributed by atoms with Crippen molar-refractivity contribution >= 4 is 0 Å². The highest BCUT2D eigenvalue weighted by molar-refractivity contribution is 5.55. The van der Waals surface area contributed by atoms with Gasteiger partial charge in [0.15, 0.2) is 0 Å². The van der Waals surface area contributed by atoms with Crippen LogP contribution < -0.4 is 4.74 Å². The molecular weight excluding hydrogens is 284 g/mol. The lowest BCUT2D eigenvalue weighted by Gasteiger charge is -2.17. The maximum absolute atomic E-state index is 9.32. The Bertz CT molecular complexity index is 792. The van der Waals surface area contributed by atoms with Crippen LogP contribution in [0.1, 0.15) is 61.8 Å². The van der Waals surface area contributed by atoms with E-state index in [1.165, 1.54) is 5.56 Å². The second kappa shape index (κ2) is 6.99. The van der Waals surface area contributed by atoms with Crippen molar-refractivity contribution in [1.82, 2.24) is 0 Å². The summed E-state index contributed by atoms with van der Waals surface area (Å²) in [6.45, 7) is 8.54. The van der Waals surface area contributed by atoms with Crippen LogP contribution >= 0.6 is 0 Å². The highest BCUT2D eigenvalue weighted by atomic mass is 16.5. The van der Waals surface area contributed by atoms with Crippen LogP contribution in [-0.4, -0.2) is 0 Å². The molecule has 2 rings (SSSR count). The van der Waals surface area contributed by atoms with Gasteiger partial charge >= 0.3 is 0 Å². The maximum atomic E-state index is 9.32. The molecule has 0 amide bonds. The number of benzene rings is 2. The summed E-state index contributed by atoms with van der Waals surface area (Å²) >= 11 is 0. The fraction of sp³-hybridized carbons (Fsp3) is 0.300. The Hall–Kier alpha value is -2.78. The van der Waals surface area contributed by atoms with Crippen molar-refractivity contribution in [2.24, 2.45) is 0 Å². The second-order valence-electron chi connectivity index (χ2n) is 6.11. The molecule has 0 N–H and O–H groups in total. The van der Waals surface area contributed by atoms with Gasteiger partial charge in [0.1, 0.15) is 29.2 Å². The summed E-state index contributed by atoms with van der Waals surface area (Å²) in [5.74, 6) is 1.90. The van der Waals surface area contributed by atoms with Gasteiger partial charge in [-0.15, -0.1) is 0 Å². The summed E-state index contributed by atoms with van der Waals surface area (Å²) in [6, 6.07) is 15.3. The largest absolute Gasteiger partial charge is 0.456 e. The molecule has 0 heterocycles. The number of rotatable bonds is 4. The molecule has 0 saturated heterocycles. The zero-order valence-electron chi connectivity index (χ0n) is 13.9. The molecule has 2 aromatic carbocycles. The van der Waals surface area contributed by atoms with Gasteiger partial charge in [0.05, 0.1) is 5.56 Å². The topological polar surface area (TPSA) is 56.8 Å². The maximum Gasteiger partial charge on any atom is 0.146 e. The van der Waals surface area contributed by atoms with E-state index in [1.54, 1.807) is 18.2 Å². The first-order valence-corrected chi connectivity index (χ1v) is 7.72. The van der Waals surface area contributed by atoms with Crippen LogP contribution in [0.3, 0.4) is 0 Å². The summed E-state index contributed by atoms with van der Waals surface area (Å²) in [4.78, 5) is 0. The lowest BCUT2D eigenvalue weighted by atomic mass is 9.95. The first-order valence-electron chi connectivity index (χ1n) is 7.72. The van der Waals surface area contributed by atoms with Crippen molar-refractivity contribution in [2.75, 3.05) is 0 Å². The van der Waals surface area contributed by atoms with E-state index >= 15 is 0 Å². The molecule has 0 aliphatic carbocycles. The quantitative estimate of drug-likeness (QED) is 0.752. The van der Waals surface area contributed by atoms with E-state index in [0.717, 1.165) is 11.3 Å². The van der Waals surface area contributed by atoms with Gasteiger partial charge in [-0.1, -0.05) is 45.9 Å². The third kappa shape index (κ3) is 3.52. The Balaban J connectivity index is 2.50. The van der Waals surface area contributed by atoms with Crippen LogP contribution in [-0.2, 0) is 0 Å². The van der Waals surface area contributed by atoms with Crippen LogP contribution in [0.15, 0.2) is 36.4 Å². The van der Waals surface area contributed by atoms with Gasteiger partial charge in [0, 0.05) is 0 Å². The summed E-state index contributed by atoms with van der Waals surface area (Å²) in [5, 5.41) is 18.4. The fourth-order valence-electron chi connectivity index (χ4n) is 2.41. The van der Waals surface area contributed by atoms with Gasteiger partial charge in [-0.3, -0.25) is 0 Å². The van der Waals surface area contributed by atoms with E-state index in [9.17, 15) is 5.26 Å². The molecule has 0 saturated carbocycles. The highest BCUT2D eigenvalue weighted by Gasteiger charge is 2.15.